The summed E-state index contributed by atoms with van der Waals surface area (Å²) >= 11 is 0. The molecule has 3 rings (SSSR count). The van der Waals surface area contributed by atoms with Crippen LogP contribution in [0.25, 0.3) is 11.1 Å². The highest BCUT2D eigenvalue weighted by Gasteiger charge is 2.17. The highest BCUT2D eigenvalue weighted by molar-refractivity contribution is 7.92. The Kier molecular flexibility index (Phi) is 4.74. The molecule has 1 N–H and O–H groups in total. The van der Waals surface area contributed by atoms with Gasteiger partial charge in [-0.15, -0.1) is 0 Å². The molecular weight excluding hydrogens is 346 g/mol. The zero-order chi connectivity index (χ0) is 18.7. The molecule has 0 radical (unpaired) electrons. The lowest BCUT2D eigenvalue weighted by atomic mass is 10.0. The second-order valence-corrected chi connectivity index (χ2v) is 7.57. The van der Waals surface area contributed by atoms with Crippen molar-refractivity contribution in [3.8, 4) is 17.2 Å². The summed E-state index contributed by atoms with van der Waals surface area (Å²) in [4.78, 5) is 4.09. The van der Waals surface area contributed by atoms with Crippen LogP contribution in [-0.2, 0) is 10.0 Å². The Bertz CT molecular complexity index is 1100. The highest BCUT2D eigenvalue weighted by atomic mass is 32.2. The van der Waals surface area contributed by atoms with Gasteiger partial charge in [-0.1, -0.05) is 30.3 Å². The first-order chi connectivity index (χ1) is 12.4. The second kappa shape index (κ2) is 6.98. The van der Waals surface area contributed by atoms with Crippen molar-refractivity contribution in [2.45, 2.75) is 18.9 Å². The quantitative estimate of drug-likeness (QED) is 0.758. The Morgan fingerprint density at radius 1 is 0.962 bits per heavy atom. The highest BCUT2D eigenvalue weighted by Crippen LogP contribution is 2.27. The van der Waals surface area contributed by atoms with Crippen LogP contribution < -0.4 is 4.72 Å². The number of aryl methyl sites for hydroxylation is 2. The average molecular weight is 363 g/mol. The average Bonchev–Trinajstić information content (AvgIpc) is 2.63. The van der Waals surface area contributed by atoms with E-state index in [1.54, 1.807) is 37.3 Å². The first kappa shape index (κ1) is 17.6. The van der Waals surface area contributed by atoms with Crippen LogP contribution in [-0.4, -0.2) is 13.4 Å². The first-order valence-corrected chi connectivity index (χ1v) is 9.45. The maximum atomic E-state index is 12.6. The summed E-state index contributed by atoms with van der Waals surface area (Å²) < 4.78 is 27.9. The molecule has 0 spiro atoms. The fraction of sp³-hybridized carbons (Fsp3) is 0.100. The van der Waals surface area contributed by atoms with Gasteiger partial charge in [-0.25, -0.2) is 4.98 Å². The minimum Gasteiger partial charge on any atom is -0.278 e. The molecule has 2 aromatic carbocycles. The Balaban J connectivity index is 1.96. The zero-order valence-corrected chi connectivity index (χ0v) is 15.2. The van der Waals surface area contributed by atoms with Crippen molar-refractivity contribution in [3.05, 3.63) is 77.5 Å². The molecule has 0 bridgehead atoms. The van der Waals surface area contributed by atoms with Crippen LogP contribution in [0.5, 0.6) is 0 Å². The number of sulfonamides is 1. The van der Waals surface area contributed by atoms with Crippen molar-refractivity contribution < 1.29 is 8.42 Å². The van der Waals surface area contributed by atoms with E-state index in [1.807, 2.05) is 31.2 Å². The van der Waals surface area contributed by atoms with Gasteiger partial charge in [0.2, 0.25) is 0 Å². The fourth-order valence-electron chi connectivity index (χ4n) is 2.51. The predicted molar refractivity (Wildman–Crippen MR) is 101 cm³/mol. The summed E-state index contributed by atoms with van der Waals surface area (Å²) in [5.74, 6) is 0. The maximum absolute atomic E-state index is 12.6. The van der Waals surface area contributed by atoms with Crippen molar-refractivity contribution >= 4 is 15.7 Å². The molecule has 0 atom stereocenters. The topological polar surface area (TPSA) is 82.9 Å². The maximum Gasteiger partial charge on any atom is 0.279 e. The minimum atomic E-state index is -3.77. The van der Waals surface area contributed by atoms with Gasteiger partial charge in [-0.05, 0) is 60.9 Å². The normalized spacial score (nSPS) is 11.0. The van der Waals surface area contributed by atoms with Gasteiger partial charge in [-0.3, -0.25) is 4.72 Å². The standard InChI is InChI=1S/C20H17N3O2S/c1-14-6-9-18(17-10-7-16(13-21)8-11-17)12-19(14)23-26(24,25)20-5-3-4-15(2)22-20/h3-12,23H,1-2H3. The molecule has 0 saturated carbocycles. The van der Waals surface area contributed by atoms with E-state index in [9.17, 15) is 8.42 Å². The third kappa shape index (κ3) is 3.73. The van der Waals surface area contributed by atoms with Crippen LogP contribution >= 0.6 is 0 Å². The van der Waals surface area contributed by atoms with Crippen molar-refractivity contribution in [2.24, 2.45) is 0 Å². The molecule has 1 aromatic heterocycles. The van der Waals surface area contributed by atoms with E-state index in [4.69, 9.17) is 5.26 Å². The lowest BCUT2D eigenvalue weighted by Crippen LogP contribution is -2.15. The molecule has 130 valence electrons. The molecule has 26 heavy (non-hydrogen) atoms. The number of benzene rings is 2. The van der Waals surface area contributed by atoms with Gasteiger partial charge in [0.25, 0.3) is 10.0 Å². The van der Waals surface area contributed by atoms with Crippen molar-refractivity contribution in [3.63, 3.8) is 0 Å². The Hall–Kier alpha value is -3.17. The molecular formula is C20H17N3O2S. The van der Waals surface area contributed by atoms with Gasteiger partial charge < -0.3 is 0 Å². The molecule has 0 amide bonds. The number of hydrogen-bond acceptors (Lipinski definition) is 4. The van der Waals surface area contributed by atoms with Crippen LogP contribution in [0.4, 0.5) is 5.69 Å². The van der Waals surface area contributed by atoms with E-state index in [1.165, 1.54) is 6.07 Å². The van der Waals surface area contributed by atoms with Gasteiger partial charge in [-0.2, -0.15) is 13.7 Å². The summed E-state index contributed by atoms with van der Waals surface area (Å²) in [6, 6.07) is 19.6. The van der Waals surface area contributed by atoms with Crippen molar-refractivity contribution in [1.29, 1.82) is 5.26 Å². The number of hydrogen-bond donors (Lipinski definition) is 1. The monoisotopic (exact) mass is 363 g/mol. The van der Waals surface area contributed by atoms with E-state index in [2.05, 4.69) is 15.8 Å². The largest absolute Gasteiger partial charge is 0.279 e. The van der Waals surface area contributed by atoms with Crippen LogP contribution in [0.3, 0.4) is 0 Å². The molecule has 3 aromatic rings. The summed E-state index contributed by atoms with van der Waals surface area (Å²) in [7, 11) is -3.77. The molecule has 0 unspecified atom stereocenters. The third-order valence-electron chi connectivity index (χ3n) is 3.97. The van der Waals surface area contributed by atoms with E-state index in [-0.39, 0.29) is 5.03 Å². The Morgan fingerprint density at radius 2 is 1.65 bits per heavy atom. The number of nitriles is 1. The second-order valence-electron chi connectivity index (χ2n) is 5.94. The van der Waals surface area contributed by atoms with E-state index < -0.39 is 10.0 Å². The molecule has 0 aliphatic heterocycles. The van der Waals surface area contributed by atoms with E-state index in [0.29, 0.717) is 16.9 Å². The lowest BCUT2D eigenvalue weighted by molar-refractivity contribution is 0.597. The Labute approximate surface area is 153 Å². The summed E-state index contributed by atoms with van der Waals surface area (Å²) in [6.45, 7) is 3.58. The molecule has 0 aliphatic rings. The van der Waals surface area contributed by atoms with Crippen molar-refractivity contribution in [2.75, 3.05) is 4.72 Å². The molecule has 0 fully saturated rings. The van der Waals surface area contributed by atoms with Crippen LogP contribution in [0.1, 0.15) is 16.8 Å². The fourth-order valence-corrected chi connectivity index (χ4v) is 3.65. The summed E-state index contributed by atoms with van der Waals surface area (Å²) in [5, 5.41) is 8.89. The number of nitrogens with zero attached hydrogens (tertiary/aromatic N) is 2. The van der Waals surface area contributed by atoms with Gasteiger partial charge in [0.15, 0.2) is 5.03 Å². The van der Waals surface area contributed by atoms with Crippen LogP contribution in [0, 0.1) is 25.2 Å². The van der Waals surface area contributed by atoms with Gasteiger partial charge in [0.05, 0.1) is 17.3 Å². The number of pyridine rings is 1. The molecule has 0 saturated heterocycles. The van der Waals surface area contributed by atoms with Gasteiger partial charge in [0, 0.05) is 5.69 Å². The minimum absolute atomic E-state index is 0.0133. The predicted octanol–water partition coefficient (Wildman–Crippen LogP) is 4.04. The Morgan fingerprint density at radius 3 is 2.31 bits per heavy atom. The van der Waals surface area contributed by atoms with Crippen LogP contribution in [0.15, 0.2) is 65.7 Å². The summed E-state index contributed by atoms with van der Waals surface area (Å²) in [5.41, 5.74) is 4.27. The van der Waals surface area contributed by atoms with E-state index in [0.717, 1.165) is 16.7 Å². The number of aromatic nitrogens is 1. The molecule has 0 aliphatic carbocycles. The molecule has 6 heteroatoms. The van der Waals surface area contributed by atoms with Crippen LogP contribution in [0.2, 0.25) is 0 Å². The van der Waals surface area contributed by atoms with Crippen molar-refractivity contribution in [1.82, 2.24) is 4.98 Å². The third-order valence-corrected chi connectivity index (χ3v) is 5.23. The lowest BCUT2D eigenvalue weighted by Gasteiger charge is -2.12. The molecule has 5 nitrogen and oxygen atoms in total. The van der Waals surface area contributed by atoms with E-state index >= 15 is 0 Å². The SMILES string of the molecule is Cc1cccc(S(=O)(=O)Nc2cc(-c3ccc(C#N)cc3)ccc2C)n1. The number of nitrogens with one attached hydrogen (secondary N) is 1. The summed E-state index contributed by atoms with van der Waals surface area (Å²) in [6.07, 6.45) is 0. The van der Waals surface area contributed by atoms with Gasteiger partial charge >= 0.3 is 0 Å². The number of rotatable bonds is 4. The molecule has 1 heterocycles. The smallest absolute Gasteiger partial charge is 0.278 e. The first-order valence-electron chi connectivity index (χ1n) is 7.97. The van der Waals surface area contributed by atoms with Gasteiger partial charge in [0.1, 0.15) is 0 Å². The number of anilines is 1. The zero-order valence-electron chi connectivity index (χ0n) is 14.4.